The monoisotopic (exact) mass is 308 g/mol. The Morgan fingerprint density at radius 3 is 2.76 bits per heavy atom. The maximum Gasteiger partial charge on any atom is 0.123 e. The van der Waals surface area contributed by atoms with Crippen molar-refractivity contribution in [2.45, 2.75) is 9.92 Å². The SMILES string of the molecule is N=C(N)c1ccc(Sc2ccncn2)cc1Br. The normalized spacial score (nSPS) is 10.2. The Morgan fingerprint density at radius 1 is 1.35 bits per heavy atom. The second-order valence-electron chi connectivity index (χ2n) is 3.21. The Kier molecular flexibility index (Phi) is 3.75. The van der Waals surface area contributed by atoms with Crippen LogP contribution in [0.3, 0.4) is 0 Å². The van der Waals surface area contributed by atoms with Crippen LogP contribution < -0.4 is 5.73 Å². The van der Waals surface area contributed by atoms with E-state index in [-0.39, 0.29) is 5.84 Å². The highest BCUT2D eigenvalue weighted by molar-refractivity contribution is 9.10. The molecule has 0 bridgehead atoms. The number of hydrogen-bond donors (Lipinski definition) is 2. The average Bonchev–Trinajstić information content (AvgIpc) is 2.30. The van der Waals surface area contributed by atoms with Crippen molar-refractivity contribution in [3.05, 3.63) is 46.8 Å². The molecule has 17 heavy (non-hydrogen) atoms. The molecule has 0 aliphatic carbocycles. The molecule has 0 saturated carbocycles. The fraction of sp³-hybridized carbons (Fsp3) is 0. The van der Waals surface area contributed by atoms with E-state index in [0.717, 1.165) is 14.4 Å². The Hall–Kier alpha value is -1.40. The minimum absolute atomic E-state index is 0.0514. The smallest absolute Gasteiger partial charge is 0.123 e. The number of nitrogens with one attached hydrogen (secondary N) is 1. The Morgan fingerprint density at radius 2 is 2.18 bits per heavy atom. The fourth-order valence-corrected chi connectivity index (χ4v) is 2.76. The highest BCUT2D eigenvalue weighted by atomic mass is 79.9. The number of rotatable bonds is 3. The van der Waals surface area contributed by atoms with E-state index in [4.69, 9.17) is 11.1 Å². The molecule has 3 N–H and O–H groups in total. The number of hydrogen-bond acceptors (Lipinski definition) is 4. The second-order valence-corrected chi connectivity index (χ2v) is 5.15. The van der Waals surface area contributed by atoms with E-state index in [1.54, 1.807) is 6.20 Å². The number of benzene rings is 1. The largest absolute Gasteiger partial charge is 0.384 e. The van der Waals surface area contributed by atoms with Gasteiger partial charge < -0.3 is 5.73 Å². The van der Waals surface area contributed by atoms with E-state index in [1.807, 2.05) is 24.3 Å². The summed E-state index contributed by atoms with van der Waals surface area (Å²) in [6.07, 6.45) is 3.22. The lowest BCUT2D eigenvalue weighted by molar-refractivity contribution is 1.05. The first-order valence-electron chi connectivity index (χ1n) is 4.74. The van der Waals surface area contributed by atoms with E-state index < -0.39 is 0 Å². The topological polar surface area (TPSA) is 75.7 Å². The first-order chi connectivity index (χ1) is 8.16. The van der Waals surface area contributed by atoms with Gasteiger partial charge in [0.25, 0.3) is 0 Å². The van der Waals surface area contributed by atoms with E-state index in [1.165, 1.54) is 18.1 Å². The summed E-state index contributed by atoms with van der Waals surface area (Å²) in [6, 6.07) is 7.49. The molecule has 0 unspecified atom stereocenters. The first-order valence-corrected chi connectivity index (χ1v) is 6.35. The maximum atomic E-state index is 7.39. The summed E-state index contributed by atoms with van der Waals surface area (Å²) in [7, 11) is 0. The highest BCUT2D eigenvalue weighted by Crippen LogP contribution is 2.29. The quantitative estimate of drug-likeness (QED) is 0.519. The minimum atomic E-state index is 0.0514. The molecule has 0 saturated heterocycles. The van der Waals surface area contributed by atoms with Crippen molar-refractivity contribution < 1.29 is 0 Å². The zero-order valence-electron chi connectivity index (χ0n) is 8.72. The van der Waals surface area contributed by atoms with Crippen LogP contribution >= 0.6 is 27.7 Å². The van der Waals surface area contributed by atoms with Gasteiger partial charge in [0, 0.05) is 21.1 Å². The Labute approximate surface area is 111 Å². The summed E-state index contributed by atoms with van der Waals surface area (Å²) in [4.78, 5) is 9.02. The predicted octanol–water partition coefficient (Wildman–Crippen LogP) is 2.67. The highest BCUT2D eigenvalue weighted by Gasteiger charge is 2.05. The van der Waals surface area contributed by atoms with Crippen molar-refractivity contribution in [3.8, 4) is 0 Å². The minimum Gasteiger partial charge on any atom is -0.384 e. The number of halogens is 1. The molecule has 86 valence electrons. The third-order valence-corrected chi connectivity index (χ3v) is 3.60. The molecule has 0 amide bonds. The third kappa shape index (κ3) is 3.04. The van der Waals surface area contributed by atoms with Crippen LogP contribution in [0, 0.1) is 5.41 Å². The van der Waals surface area contributed by atoms with Crippen molar-refractivity contribution in [2.75, 3.05) is 0 Å². The molecule has 1 heterocycles. The van der Waals surface area contributed by atoms with Crippen molar-refractivity contribution in [3.63, 3.8) is 0 Å². The Balaban J connectivity index is 2.24. The van der Waals surface area contributed by atoms with Crippen LogP contribution in [-0.4, -0.2) is 15.8 Å². The van der Waals surface area contributed by atoms with Gasteiger partial charge in [-0.05, 0) is 40.2 Å². The third-order valence-electron chi connectivity index (χ3n) is 2.01. The van der Waals surface area contributed by atoms with Crippen molar-refractivity contribution >= 4 is 33.5 Å². The van der Waals surface area contributed by atoms with Gasteiger partial charge in [0.2, 0.25) is 0 Å². The average molecular weight is 309 g/mol. The lowest BCUT2D eigenvalue weighted by atomic mass is 10.2. The molecule has 0 radical (unpaired) electrons. The molecule has 6 heteroatoms. The fourth-order valence-electron chi connectivity index (χ4n) is 1.24. The first kappa shape index (κ1) is 12.1. The van der Waals surface area contributed by atoms with Gasteiger partial charge in [0.15, 0.2) is 0 Å². The second kappa shape index (κ2) is 5.29. The molecule has 0 spiro atoms. The summed E-state index contributed by atoms with van der Waals surface area (Å²) in [5.74, 6) is 0.0514. The number of nitrogens with zero attached hydrogens (tertiary/aromatic N) is 2. The lowest BCUT2D eigenvalue weighted by Crippen LogP contribution is -2.11. The molecule has 1 aromatic heterocycles. The summed E-state index contributed by atoms with van der Waals surface area (Å²) >= 11 is 4.92. The molecule has 2 aromatic rings. The number of amidine groups is 1. The number of aromatic nitrogens is 2. The summed E-state index contributed by atoms with van der Waals surface area (Å²) in [5, 5.41) is 8.27. The predicted molar refractivity (Wildman–Crippen MR) is 71.3 cm³/mol. The van der Waals surface area contributed by atoms with Crippen molar-refractivity contribution in [1.82, 2.24) is 9.97 Å². The van der Waals surface area contributed by atoms with Crippen LogP contribution in [0.5, 0.6) is 0 Å². The molecular formula is C11H9BrN4S. The summed E-state index contributed by atoms with van der Waals surface area (Å²) in [5.41, 5.74) is 6.13. The molecule has 0 aliphatic heterocycles. The van der Waals surface area contributed by atoms with E-state index in [2.05, 4.69) is 25.9 Å². The molecule has 0 atom stereocenters. The van der Waals surface area contributed by atoms with E-state index in [9.17, 15) is 0 Å². The maximum absolute atomic E-state index is 7.39. The van der Waals surface area contributed by atoms with Gasteiger partial charge >= 0.3 is 0 Å². The molecule has 0 aliphatic rings. The molecule has 2 rings (SSSR count). The molecule has 1 aromatic carbocycles. The van der Waals surface area contributed by atoms with E-state index in [0.29, 0.717) is 5.56 Å². The van der Waals surface area contributed by atoms with Crippen LogP contribution in [0.1, 0.15) is 5.56 Å². The summed E-state index contributed by atoms with van der Waals surface area (Å²) in [6.45, 7) is 0. The Bertz CT molecular complexity index is 544. The van der Waals surface area contributed by atoms with Crippen LogP contribution in [0.4, 0.5) is 0 Å². The van der Waals surface area contributed by atoms with Crippen LogP contribution in [0.2, 0.25) is 0 Å². The van der Waals surface area contributed by atoms with Crippen LogP contribution in [-0.2, 0) is 0 Å². The van der Waals surface area contributed by atoms with Crippen LogP contribution in [0.25, 0.3) is 0 Å². The zero-order chi connectivity index (χ0) is 12.3. The van der Waals surface area contributed by atoms with Gasteiger partial charge in [-0.1, -0.05) is 11.8 Å². The molecular weight excluding hydrogens is 300 g/mol. The number of nitrogens with two attached hydrogens (primary N) is 1. The molecule has 4 nitrogen and oxygen atoms in total. The van der Waals surface area contributed by atoms with Gasteiger partial charge in [-0.2, -0.15) is 0 Å². The summed E-state index contributed by atoms with van der Waals surface area (Å²) < 4.78 is 0.809. The van der Waals surface area contributed by atoms with Gasteiger partial charge in [0.1, 0.15) is 17.2 Å². The number of nitrogen functional groups attached to an aromatic ring is 1. The zero-order valence-corrected chi connectivity index (χ0v) is 11.1. The van der Waals surface area contributed by atoms with Crippen molar-refractivity contribution in [2.24, 2.45) is 5.73 Å². The van der Waals surface area contributed by atoms with Gasteiger partial charge in [-0.25, -0.2) is 9.97 Å². The van der Waals surface area contributed by atoms with Crippen LogP contribution in [0.15, 0.2) is 51.2 Å². The molecule has 0 fully saturated rings. The van der Waals surface area contributed by atoms with E-state index >= 15 is 0 Å². The van der Waals surface area contributed by atoms with Gasteiger partial charge in [-0.3, -0.25) is 5.41 Å². The van der Waals surface area contributed by atoms with Gasteiger partial charge in [0.05, 0.1) is 0 Å². The standard InChI is InChI=1S/C11H9BrN4S/c12-9-5-7(1-2-8(9)11(13)14)17-10-3-4-15-6-16-10/h1-6H,(H3,13,14). The lowest BCUT2D eigenvalue weighted by Gasteiger charge is -2.05. The van der Waals surface area contributed by atoms with Crippen molar-refractivity contribution in [1.29, 1.82) is 5.41 Å². The van der Waals surface area contributed by atoms with Gasteiger partial charge in [-0.15, -0.1) is 0 Å².